The lowest BCUT2D eigenvalue weighted by Gasteiger charge is -2.40. The van der Waals surface area contributed by atoms with Gasteiger partial charge in [0.15, 0.2) is 11.5 Å². The molecule has 12 heteroatoms. The Morgan fingerprint density at radius 1 is 1.29 bits per heavy atom. The van der Waals surface area contributed by atoms with E-state index in [1.54, 1.807) is 25.2 Å². The largest absolute Gasteiger partial charge is 0.379 e. The molecule has 0 aromatic carbocycles. The van der Waals surface area contributed by atoms with Gasteiger partial charge in [0, 0.05) is 52.7 Å². The van der Waals surface area contributed by atoms with E-state index in [1.165, 1.54) is 11.5 Å². The van der Waals surface area contributed by atoms with Gasteiger partial charge in [-0.2, -0.15) is 4.37 Å². The molecule has 2 amide bonds. The molecule has 0 unspecified atom stereocenters. The molecule has 4 rings (SSSR count). The van der Waals surface area contributed by atoms with Crippen LogP contribution in [0.3, 0.4) is 0 Å². The van der Waals surface area contributed by atoms with Crippen molar-refractivity contribution < 1.29 is 14.3 Å². The van der Waals surface area contributed by atoms with Crippen molar-refractivity contribution >= 4 is 40.0 Å². The number of hydrogen-bond acceptors (Lipinski definition) is 10. The van der Waals surface area contributed by atoms with Crippen LogP contribution in [0.25, 0.3) is 0 Å². The van der Waals surface area contributed by atoms with Crippen molar-refractivity contribution in [1.29, 1.82) is 0 Å². The molecule has 2 saturated heterocycles. The van der Waals surface area contributed by atoms with Crippen LogP contribution in [-0.2, 0) is 16.1 Å². The average molecular weight is 503 g/mol. The highest BCUT2D eigenvalue weighted by Crippen LogP contribution is 2.31. The lowest BCUT2D eigenvalue weighted by Crippen LogP contribution is -2.45. The molecule has 2 fully saturated rings. The highest BCUT2D eigenvalue weighted by atomic mass is 32.1. The second-order valence-corrected chi connectivity index (χ2v) is 10.1. The van der Waals surface area contributed by atoms with Crippen LogP contribution in [0, 0.1) is 5.92 Å². The second kappa shape index (κ2) is 11.3. The minimum Gasteiger partial charge on any atom is -0.379 e. The number of amides is 2. The van der Waals surface area contributed by atoms with Crippen LogP contribution in [-0.4, -0.2) is 88.9 Å². The molecule has 4 heterocycles. The number of morpholine rings is 1. The molecule has 2 aliphatic heterocycles. The summed E-state index contributed by atoms with van der Waals surface area (Å²) >= 11 is 1.31. The van der Waals surface area contributed by atoms with Gasteiger partial charge in [-0.3, -0.25) is 14.5 Å². The minimum absolute atomic E-state index is 0.0841. The number of piperidine rings is 1. The number of rotatable bonds is 8. The average Bonchev–Trinajstić information content (AvgIpc) is 3.27. The monoisotopic (exact) mass is 502 g/mol. The number of anilines is 3. The Kier molecular flexibility index (Phi) is 8.14. The van der Waals surface area contributed by atoms with Crippen LogP contribution >= 0.6 is 11.5 Å². The van der Waals surface area contributed by atoms with E-state index < -0.39 is 5.91 Å². The summed E-state index contributed by atoms with van der Waals surface area (Å²) < 4.78 is 9.95. The fourth-order valence-corrected chi connectivity index (χ4v) is 5.22. The van der Waals surface area contributed by atoms with Crippen LogP contribution in [0.1, 0.15) is 42.4 Å². The lowest BCUT2D eigenvalue weighted by molar-refractivity contribution is -0.130. The Labute approximate surface area is 209 Å². The fraction of sp³-hybridized carbons (Fsp3) is 0.609. The third kappa shape index (κ3) is 6.24. The third-order valence-corrected chi connectivity index (χ3v) is 7.40. The maximum Gasteiger partial charge on any atom is 0.271 e. The number of hydrogen-bond donors (Lipinski definition) is 2. The van der Waals surface area contributed by atoms with E-state index in [-0.39, 0.29) is 23.6 Å². The Bertz CT molecular complexity index is 1040. The number of nitrogens with two attached hydrogens (primary N) is 1. The van der Waals surface area contributed by atoms with E-state index in [1.807, 2.05) is 6.07 Å². The zero-order chi connectivity index (χ0) is 24.9. The van der Waals surface area contributed by atoms with Crippen LogP contribution in [0.2, 0.25) is 0 Å². The summed E-state index contributed by atoms with van der Waals surface area (Å²) in [5.41, 5.74) is 6.62. The summed E-state index contributed by atoms with van der Waals surface area (Å²) in [4.78, 5) is 39.6. The van der Waals surface area contributed by atoms with Crippen LogP contribution in [0.15, 0.2) is 12.3 Å². The van der Waals surface area contributed by atoms with Crippen molar-refractivity contribution in [3.05, 3.63) is 23.7 Å². The molecule has 2 aromatic rings. The number of ether oxygens (including phenoxy) is 1. The first kappa shape index (κ1) is 25.3. The Hall–Kier alpha value is -2.83. The van der Waals surface area contributed by atoms with Gasteiger partial charge in [-0.25, -0.2) is 9.97 Å². The zero-order valence-corrected chi connectivity index (χ0v) is 21.4. The van der Waals surface area contributed by atoms with E-state index in [0.717, 1.165) is 62.9 Å². The molecule has 190 valence electrons. The SMILES string of the molecule is C[C@@H]1[C@H](CC(=O)N(C)C)CCCN1c1cnc(C(N)=O)c(Nc2cc(CN3CCOCC3)ns2)n1. The number of aromatic nitrogens is 3. The van der Waals surface area contributed by atoms with Crippen molar-refractivity contribution in [3.63, 3.8) is 0 Å². The summed E-state index contributed by atoms with van der Waals surface area (Å²) in [6.07, 6.45) is 4.03. The molecule has 2 atom stereocenters. The number of nitrogens with zero attached hydrogens (tertiary/aromatic N) is 6. The number of carbonyl (C=O) groups is 2. The van der Waals surface area contributed by atoms with Gasteiger partial charge in [0.05, 0.1) is 25.1 Å². The van der Waals surface area contributed by atoms with Gasteiger partial charge in [0.2, 0.25) is 5.91 Å². The molecule has 0 bridgehead atoms. The fourth-order valence-electron chi connectivity index (χ4n) is 4.56. The highest BCUT2D eigenvalue weighted by Gasteiger charge is 2.31. The van der Waals surface area contributed by atoms with E-state index in [9.17, 15) is 9.59 Å². The first-order valence-electron chi connectivity index (χ1n) is 12.0. The molecule has 35 heavy (non-hydrogen) atoms. The van der Waals surface area contributed by atoms with E-state index in [4.69, 9.17) is 15.5 Å². The summed E-state index contributed by atoms with van der Waals surface area (Å²) in [6, 6.07) is 2.07. The highest BCUT2D eigenvalue weighted by molar-refractivity contribution is 7.10. The number of nitrogens with one attached hydrogen (secondary N) is 1. The predicted octanol–water partition coefficient (Wildman–Crippen LogP) is 1.69. The summed E-state index contributed by atoms with van der Waals surface area (Å²) in [5.74, 6) is 0.669. The molecule has 2 aliphatic rings. The first-order valence-corrected chi connectivity index (χ1v) is 12.8. The van der Waals surface area contributed by atoms with Gasteiger partial charge in [0.1, 0.15) is 10.8 Å². The Morgan fingerprint density at radius 3 is 2.77 bits per heavy atom. The van der Waals surface area contributed by atoms with Gasteiger partial charge in [-0.1, -0.05) is 0 Å². The molecular formula is C23H34N8O3S. The molecule has 3 N–H and O–H groups in total. The smallest absolute Gasteiger partial charge is 0.271 e. The van der Waals surface area contributed by atoms with Gasteiger partial charge in [-0.15, -0.1) is 0 Å². The summed E-state index contributed by atoms with van der Waals surface area (Å²) in [7, 11) is 3.57. The molecule has 0 spiro atoms. The third-order valence-electron chi connectivity index (χ3n) is 6.66. The molecule has 0 radical (unpaired) electrons. The van der Waals surface area contributed by atoms with Crippen molar-refractivity contribution in [1.82, 2.24) is 24.1 Å². The lowest BCUT2D eigenvalue weighted by atomic mass is 9.87. The minimum atomic E-state index is -0.647. The van der Waals surface area contributed by atoms with Crippen molar-refractivity contribution in [2.24, 2.45) is 11.7 Å². The zero-order valence-electron chi connectivity index (χ0n) is 20.6. The molecule has 11 nitrogen and oxygen atoms in total. The molecule has 0 aliphatic carbocycles. The molecule has 0 saturated carbocycles. The maximum absolute atomic E-state index is 12.3. The van der Waals surface area contributed by atoms with Crippen LogP contribution in [0.5, 0.6) is 0 Å². The van der Waals surface area contributed by atoms with E-state index >= 15 is 0 Å². The van der Waals surface area contributed by atoms with Gasteiger partial charge < -0.3 is 25.6 Å². The predicted molar refractivity (Wildman–Crippen MR) is 135 cm³/mol. The standard InChI is InChI=1S/C23H34N8O3S/c1-15-16(11-20(32)29(2)3)5-4-6-31(15)18-13-25-21(22(24)33)23(26-18)27-19-12-17(28-35-19)14-30-7-9-34-10-8-30/h12-13,15-16H,4-11,14H2,1-3H3,(H2,24,33)(H,26,27)/t15-,16+/m1/s1. The van der Waals surface area contributed by atoms with Crippen LogP contribution < -0.4 is 16.0 Å². The summed E-state index contributed by atoms with van der Waals surface area (Å²) in [5, 5.41) is 3.98. The maximum atomic E-state index is 12.3. The first-order chi connectivity index (χ1) is 16.8. The second-order valence-electron chi connectivity index (χ2n) is 9.31. The topological polar surface area (TPSA) is 130 Å². The van der Waals surface area contributed by atoms with E-state index in [0.29, 0.717) is 18.1 Å². The number of primary amides is 1. The molecular weight excluding hydrogens is 468 g/mol. The van der Waals surface area contributed by atoms with Crippen molar-refractivity contribution in [3.8, 4) is 0 Å². The van der Waals surface area contributed by atoms with Crippen molar-refractivity contribution in [2.45, 2.75) is 38.8 Å². The Balaban J connectivity index is 1.51. The Morgan fingerprint density at radius 2 is 2.06 bits per heavy atom. The van der Waals surface area contributed by atoms with Gasteiger partial charge >= 0.3 is 0 Å². The van der Waals surface area contributed by atoms with E-state index in [2.05, 4.69) is 31.4 Å². The summed E-state index contributed by atoms with van der Waals surface area (Å²) in [6.45, 7) is 6.90. The van der Waals surface area contributed by atoms with Crippen molar-refractivity contribution in [2.75, 3.05) is 57.2 Å². The number of carbonyl (C=O) groups excluding carboxylic acids is 2. The van der Waals surface area contributed by atoms with Crippen LogP contribution in [0.4, 0.5) is 16.6 Å². The molecule has 2 aromatic heterocycles. The quantitative estimate of drug-likeness (QED) is 0.554. The van der Waals surface area contributed by atoms with Gasteiger partial charge in [0.25, 0.3) is 5.91 Å². The van der Waals surface area contributed by atoms with Gasteiger partial charge in [-0.05, 0) is 43.3 Å². The normalized spacial score (nSPS) is 21.1.